The monoisotopic (exact) mass is 407 g/mol. The van der Waals surface area contributed by atoms with E-state index in [4.69, 9.17) is 9.47 Å². The van der Waals surface area contributed by atoms with Crippen LogP contribution in [0.15, 0.2) is 36.4 Å². The summed E-state index contributed by atoms with van der Waals surface area (Å²) in [4.78, 5) is 14.1. The number of nitrogens with zero attached hydrogens (tertiary/aromatic N) is 5. The fourth-order valence-electron chi connectivity index (χ4n) is 3.55. The fraction of sp³-hybridized carbons (Fsp3) is 0.364. The van der Waals surface area contributed by atoms with Crippen molar-refractivity contribution in [1.82, 2.24) is 24.9 Å². The second kappa shape index (κ2) is 8.14. The number of hydrogen-bond donors (Lipinski definition) is 0. The van der Waals surface area contributed by atoms with E-state index < -0.39 is 0 Å². The topological polar surface area (TPSA) is 82.4 Å². The van der Waals surface area contributed by atoms with Crippen molar-refractivity contribution in [3.05, 3.63) is 58.9 Å². The third kappa shape index (κ3) is 4.27. The summed E-state index contributed by atoms with van der Waals surface area (Å²) in [6, 6.07) is 11.5. The van der Waals surface area contributed by atoms with Crippen LogP contribution in [0.3, 0.4) is 0 Å². The molecule has 156 valence electrons. The Morgan fingerprint density at radius 2 is 2.07 bits per heavy atom. The van der Waals surface area contributed by atoms with Gasteiger partial charge in [-0.2, -0.15) is 5.10 Å². The zero-order chi connectivity index (χ0) is 21.3. The predicted molar refractivity (Wildman–Crippen MR) is 111 cm³/mol. The summed E-state index contributed by atoms with van der Waals surface area (Å²) in [5, 5.41) is 12.6. The first-order valence-electron chi connectivity index (χ1n) is 9.91. The maximum absolute atomic E-state index is 12.5. The van der Waals surface area contributed by atoms with Crippen LogP contribution >= 0.6 is 0 Å². The number of amides is 1. The lowest BCUT2D eigenvalue weighted by Gasteiger charge is -2.17. The molecule has 30 heavy (non-hydrogen) atoms. The van der Waals surface area contributed by atoms with Gasteiger partial charge >= 0.3 is 0 Å². The predicted octanol–water partition coefficient (Wildman–Crippen LogP) is 2.64. The van der Waals surface area contributed by atoms with Crippen LogP contribution in [0.2, 0.25) is 0 Å². The Balaban J connectivity index is 1.32. The summed E-state index contributed by atoms with van der Waals surface area (Å²) in [5.41, 5.74) is 4.14. The van der Waals surface area contributed by atoms with Crippen LogP contribution in [0, 0.1) is 13.8 Å². The minimum atomic E-state index is -0.135. The Morgan fingerprint density at radius 1 is 1.23 bits per heavy atom. The number of carbonyl (C=O) groups excluding carboxylic acids is 1. The van der Waals surface area contributed by atoms with Crippen molar-refractivity contribution < 1.29 is 14.3 Å². The molecule has 3 heterocycles. The van der Waals surface area contributed by atoms with Gasteiger partial charge in [0.1, 0.15) is 11.9 Å². The van der Waals surface area contributed by atoms with Gasteiger partial charge in [0.15, 0.2) is 12.4 Å². The quantitative estimate of drug-likeness (QED) is 0.625. The van der Waals surface area contributed by atoms with Crippen LogP contribution in [0.4, 0.5) is 0 Å². The lowest BCUT2D eigenvalue weighted by molar-refractivity contribution is -0.132. The summed E-state index contributed by atoms with van der Waals surface area (Å²) >= 11 is 0. The number of carbonyl (C=O) groups is 1. The molecule has 1 aliphatic heterocycles. The van der Waals surface area contributed by atoms with Gasteiger partial charge in [0.25, 0.3) is 5.91 Å². The van der Waals surface area contributed by atoms with Gasteiger partial charge in [-0.1, -0.05) is 12.1 Å². The van der Waals surface area contributed by atoms with Gasteiger partial charge < -0.3 is 14.4 Å². The number of likely N-dealkylation sites (N-methyl/N-ethyl adjacent to an activating group) is 1. The summed E-state index contributed by atoms with van der Waals surface area (Å²) < 4.78 is 13.0. The van der Waals surface area contributed by atoms with Crippen LogP contribution in [0.25, 0.3) is 5.82 Å². The van der Waals surface area contributed by atoms with E-state index in [0.29, 0.717) is 18.2 Å². The first kappa shape index (κ1) is 19.9. The first-order chi connectivity index (χ1) is 14.4. The first-order valence-corrected chi connectivity index (χ1v) is 9.91. The second-order valence-electron chi connectivity index (χ2n) is 7.68. The average Bonchev–Trinajstić information content (AvgIpc) is 3.26. The van der Waals surface area contributed by atoms with E-state index in [0.717, 1.165) is 29.1 Å². The number of hydrogen-bond acceptors (Lipinski definition) is 6. The number of ether oxygens (including phenoxy) is 2. The smallest absolute Gasteiger partial charge is 0.260 e. The molecule has 0 fully saturated rings. The standard InChI is InChI=1S/C22H25N5O3/c1-14-9-15(2)27(25-14)20-7-8-21(24-23-20)29-13-22(28)26(4)12-17-5-6-19-18(11-17)10-16(3)30-19/h5-9,11,16H,10,12-13H2,1-4H3. The van der Waals surface area contributed by atoms with Gasteiger partial charge in [0.05, 0.1) is 5.69 Å². The lowest BCUT2D eigenvalue weighted by Crippen LogP contribution is -2.31. The molecule has 1 aliphatic rings. The number of aromatic nitrogens is 4. The highest BCUT2D eigenvalue weighted by molar-refractivity contribution is 5.77. The van der Waals surface area contributed by atoms with Crippen molar-refractivity contribution in [3.8, 4) is 17.4 Å². The number of fused-ring (bicyclic) bond motifs is 1. The van der Waals surface area contributed by atoms with Crippen molar-refractivity contribution in [2.75, 3.05) is 13.7 Å². The molecule has 4 rings (SSSR count). The van der Waals surface area contributed by atoms with Crippen LogP contribution in [0.5, 0.6) is 11.6 Å². The molecule has 0 bridgehead atoms. The van der Waals surface area contributed by atoms with E-state index in [1.807, 2.05) is 32.0 Å². The maximum Gasteiger partial charge on any atom is 0.260 e. The highest BCUT2D eigenvalue weighted by Gasteiger charge is 2.19. The van der Waals surface area contributed by atoms with E-state index in [1.54, 1.807) is 28.8 Å². The van der Waals surface area contributed by atoms with Gasteiger partial charge in [-0.3, -0.25) is 4.79 Å². The Kier molecular flexibility index (Phi) is 5.39. The summed E-state index contributed by atoms with van der Waals surface area (Å²) in [5.74, 6) is 1.70. The third-order valence-corrected chi connectivity index (χ3v) is 5.00. The van der Waals surface area contributed by atoms with E-state index in [1.165, 1.54) is 5.56 Å². The van der Waals surface area contributed by atoms with Gasteiger partial charge in [-0.25, -0.2) is 4.68 Å². The van der Waals surface area contributed by atoms with Crippen LogP contribution in [0.1, 0.15) is 29.4 Å². The third-order valence-electron chi connectivity index (χ3n) is 5.00. The molecule has 0 radical (unpaired) electrons. The van der Waals surface area contributed by atoms with E-state index >= 15 is 0 Å². The Bertz CT molecular complexity index is 1060. The molecule has 0 N–H and O–H groups in total. The van der Waals surface area contributed by atoms with Crippen molar-refractivity contribution in [1.29, 1.82) is 0 Å². The molecule has 0 aliphatic carbocycles. The molecule has 0 spiro atoms. The molecule has 2 aromatic heterocycles. The zero-order valence-electron chi connectivity index (χ0n) is 17.6. The molecule has 1 aromatic carbocycles. The highest BCUT2D eigenvalue weighted by Crippen LogP contribution is 2.29. The average molecular weight is 407 g/mol. The Hall–Kier alpha value is -3.42. The molecular formula is C22H25N5O3. The molecule has 8 nitrogen and oxygen atoms in total. The van der Waals surface area contributed by atoms with Crippen LogP contribution < -0.4 is 9.47 Å². The number of benzene rings is 1. The van der Waals surface area contributed by atoms with E-state index in [9.17, 15) is 4.79 Å². The molecule has 8 heteroatoms. The van der Waals surface area contributed by atoms with E-state index in [2.05, 4.69) is 28.3 Å². The molecule has 3 aromatic rings. The summed E-state index contributed by atoms with van der Waals surface area (Å²) in [6.07, 6.45) is 1.10. The highest BCUT2D eigenvalue weighted by atomic mass is 16.5. The largest absolute Gasteiger partial charge is 0.490 e. The summed E-state index contributed by atoms with van der Waals surface area (Å²) in [6.45, 7) is 6.34. The van der Waals surface area contributed by atoms with Gasteiger partial charge in [-0.15, -0.1) is 10.2 Å². The SMILES string of the molecule is Cc1cc(C)n(-c2ccc(OCC(=O)N(C)Cc3ccc4c(c3)CC(C)O4)nn2)n1. The van der Waals surface area contributed by atoms with Crippen molar-refractivity contribution >= 4 is 5.91 Å². The van der Waals surface area contributed by atoms with Crippen molar-refractivity contribution in [2.45, 2.75) is 39.8 Å². The van der Waals surface area contributed by atoms with Gasteiger partial charge in [0, 0.05) is 31.8 Å². The van der Waals surface area contributed by atoms with Crippen molar-refractivity contribution in [3.63, 3.8) is 0 Å². The van der Waals surface area contributed by atoms with Crippen LogP contribution in [-0.4, -0.2) is 50.5 Å². The minimum absolute atomic E-state index is 0.102. The molecule has 1 amide bonds. The van der Waals surface area contributed by atoms with Gasteiger partial charge in [0.2, 0.25) is 5.88 Å². The molecular weight excluding hydrogens is 382 g/mol. The molecule has 1 unspecified atom stereocenters. The van der Waals surface area contributed by atoms with Gasteiger partial charge in [-0.05, 0) is 50.1 Å². The van der Waals surface area contributed by atoms with E-state index in [-0.39, 0.29) is 18.6 Å². The molecule has 0 saturated carbocycles. The Morgan fingerprint density at radius 3 is 2.77 bits per heavy atom. The second-order valence-corrected chi connectivity index (χ2v) is 7.68. The molecule has 0 saturated heterocycles. The Labute approximate surface area is 175 Å². The molecule has 1 atom stereocenters. The number of rotatable bonds is 6. The van der Waals surface area contributed by atoms with Crippen LogP contribution in [-0.2, 0) is 17.8 Å². The van der Waals surface area contributed by atoms with Crippen molar-refractivity contribution in [2.24, 2.45) is 0 Å². The normalized spacial score (nSPS) is 14.9. The number of aryl methyl sites for hydroxylation is 2. The lowest BCUT2D eigenvalue weighted by atomic mass is 10.1. The summed E-state index contributed by atoms with van der Waals surface area (Å²) in [7, 11) is 1.76. The minimum Gasteiger partial charge on any atom is -0.490 e. The fourth-order valence-corrected chi connectivity index (χ4v) is 3.55. The zero-order valence-corrected chi connectivity index (χ0v) is 17.6. The maximum atomic E-state index is 12.5.